The molecule has 5 heteroatoms. The largest absolute Gasteiger partial charge is 0.349 e. The quantitative estimate of drug-likeness (QED) is 0.758. The molecule has 136 valence electrons. The normalized spacial score (nSPS) is 15.8. The van der Waals surface area contributed by atoms with E-state index in [1.54, 1.807) is 6.07 Å². The summed E-state index contributed by atoms with van der Waals surface area (Å²) >= 11 is 6.28. The Bertz CT molecular complexity index is 821. The molecule has 0 radical (unpaired) electrons. The van der Waals surface area contributed by atoms with Crippen molar-refractivity contribution in [3.63, 3.8) is 0 Å². The van der Waals surface area contributed by atoms with E-state index in [-0.39, 0.29) is 17.9 Å². The summed E-state index contributed by atoms with van der Waals surface area (Å²) in [4.78, 5) is 25.6. The summed E-state index contributed by atoms with van der Waals surface area (Å²) in [5, 5.41) is 6.33. The summed E-state index contributed by atoms with van der Waals surface area (Å²) in [5.74, 6) is -0.517. The molecule has 1 atom stereocenters. The third-order valence-corrected chi connectivity index (χ3v) is 5.23. The molecule has 0 aliphatic heterocycles. The van der Waals surface area contributed by atoms with Crippen LogP contribution in [0, 0.1) is 19.3 Å². The molecule has 1 saturated carbocycles. The number of hydrogen-bond acceptors (Lipinski definition) is 2. The van der Waals surface area contributed by atoms with Gasteiger partial charge in [0.15, 0.2) is 0 Å². The maximum Gasteiger partial charge on any atom is 0.240 e. The van der Waals surface area contributed by atoms with Crippen LogP contribution in [0.25, 0.3) is 0 Å². The van der Waals surface area contributed by atoms with E-state index < -0.39 is 5.41 Å². The first kappa shape index (κ1) is 18.5. The zero-order valence-corrected chi connectivity index (χ0v) is 16.0. The lowest BCUT2D eigenvalue weighted by atomic mass is 10.0. The van der Waals surface area contributed by atoms with Crippen molar-refractivity contribution in [2.75, 3.05) is 5.32 Å². The highest BCUT2D eigenvalue weighted by Gasteiger charge is 2.56. The maximum absolute atomic E-state index is 12.8. The Morgan fingerprint density at radius 1 is 1.08 bits per heavy atom. The Morgan fingerprint density at radius 2 is 1.73 bits per heavy atom. The molecular formula is C21H23ClN2O2. The molecule has 26 heavy (non-hydrogen) atoms. The van der Waals surface area contributed by atoms with Crippen molar-refractivity contribution in [2.24, 2.45) is 5.41 Å². The Balaban J connectivity index is 1.72. The standard InChI is InChI=1S/C21H23ClN2O2/c1-13-11-14(2)18(17(22)12-13)24-20(26)21(9-10-21)19(25)23-15(3)16-7-5-4-6-8-16/h4-8,11-12,15H,9-10H2,1-3H3,(H,23,25)(H,24,26). The van der Waals surface area contributed by atoms with E-state index in [1.165, 1.54) is 0 Å². The molecule has 0 aromatic heterocycles. The van der Waals surface area contributed by atoms with E-state index >= 15 is 0 Å². The van der Waals surface area contributed by atoms with Crippen LogP contribution in [0.15, 0.2) is 42.5 Å². The third kappa shape index (κ3) is 3.61. The molecule has 1 aliphatic carbocycles. The fraction of sp³-hybridized carbons (Fsp3) is 0.333. The van der Waals surface area contributed by atoms with Crippen molar-refractivity contribution in [3.8, 4) is 0 Å². The van der Waals surface area contributed by atoms with Crippen LogP contribution in [0.1, 0.15) is 42.5 Å². The first-order chi connectivity index (χ1) is 12.3. The van der Waals surface area contributed by atoms with Crippen molar-refractivity contribution in [1.29, 1.82) is 0 Å². The van der Waals surface area contributed by atoms with Crippen LogP contribution in [0.4, 0.5) is 5.69 Å². The molecule has 1 fully saturated rings. The van der Waals surface area contributed by atoms with Gasteiger partial charge in [-0.25, -0.2) is 0 Å². The average molecular weight is 371 g/mol. The smallest absolute Gasteiger partial charge is 0.240 e. The number of benzene rings is 2. The Labute approximate surface area is 158 Å². The van der Waals surface area contributed by atoms with Gasteiger partial charge in [0.1, 0.15) is 5.41 Å². The number of nitrogens with one attached hydrogen (secondary N) is 2. The fourth-order valence-corrected chi connectivity index (χ4v) is 3.52. The zero-order chi connectivity index (χ0) is 18.9. The predicted octanol–water partition coefficient (Wildman–Crippen LogP) is 4.55. The number of aryl methyl sites for hydroxylation is 2. The second-order valence-corrected chi connectivity index (χ2v) is 7.49. The minimum atomic E-state index is -0.996. The Kier molecular flexibility index (Phi) is 5.05. The highest BCUT2D eigenvalue weighted by molar-refractivity contribution is 6.34. The molecule has 2 amide bonds. The van der Waals surface area contributed by atoms with Crippen LogP contribution < -0.4 is 10.6 Å². The molecule has 0 heterocycles. The van der Waals surface area contributed by atoms with E-state index in [0.29, 0.717) is 23.6 Å². The van der Waals surface area contributed by atoms with Gasteiger partial charge in [0.25, 0.3) is 0 Å². The van der Waals surface area contributed by atoms with Gasteiger partial charge < -0.3 is 10.6 Å². The molecular weight excluding hydrogens is 348 g/mol. The summed E-state index contributed by atoms with van der Waals surface area (Å²) in [6.07, 6.45) is 1.10. The van der Waals surface area contributed by atoms with Gasteiger partial charge in [0.05, 0.1) is 16.8 Å². The predicted molar refractivity (Wildman–Crippen MR) is 104 cm³/mol. The molecule has 2 N–H and O–H groups in total. The summed E-state index contributed by atoms with van der Waals surface area (Å²) in [6.45, 7) is 5.76. The summed E-state index contributed by atoms with van der Waals surface area (Å²) < 4.78 is 0. The molecule has 4 nitrogen and oxygen atoms in total. The molecule has 0 bridgehead atoms. The fourth-order valence-electron chi connectivity index (χ4n) is 3.15. The number of carbonyl (C=O) groups excluding carboxylic acids is 2. The number of halogens is 1. The lowest BCUT2D eigenvalue weighted by Gasteiger charge is -2.20. The van der Waals surface area contributed by atoms with Gasteiger partial charge >= 0.3 is 0 Å². The second-order valence-electron chi connectivity index (χ2n) is 7.08. The number of carbonyl (C=O) groups is 2. The van der Waals surface area contributed by atoms with Gasteiger partial charge in [0, 0.05) is 0 Å². The minimum absolute atomic E-state index is 0.154. The van der Waals surface area contributed by atoms with Crippen LogP contribution in [0.2, 0.25) is 5.02 Å². The minimum Gasteiger partial charge on any atom is -0.349 e. The van der Waals surface area contributed by atoms with Crippen LogP contribution in [-0.4, -0.2) is 11.8 Å². The highest BCUT2D eigenvalue weighted by Crippen LogP contribution is 2.47. The van der Waals surface area contributed by atoms with E-state index in [2.05, 4.69) is 10.6 Å². The van der Waals surface area contributed by atoms with E-state index in [1.807, 2.05) is 57.2 Å². The lowest BCUT2D eigenvalue weighted by Crippen LogP contribution is -2.41. The van der Waals surface area contributed by atoms with Crippen molar-refractivity contribution < 1.29 is 9.59 Å². The maximum atomic E-state index is 12.8. The first-order valence-corrected chi connectivity index (χ1v) is 9.15. The number of amides is 2. The molecule has 0 spiro atoms. The van der Waals surface area contributed by atoms with Gasteiger partial charge in [0.2, 0.25) is 11.8 Å². The van der Waals surface area contributed by atoms with Gasteiger partial charge in [-0.2, -0.15) is 0 Å². The topological polar surface area (TPSA) is 58.2 Å². The lowest BCUT2D eigenvalue weighted by molar-refractivity contribution is -0.134. The number of anilines is 1. The third-order valence-electron chi connectivity index (χ3n) is 4.94. The number of rotatable bonds is 5. The second kappa shape index (κ2) is 7.12. The Hall–Kier alpha value is -2.33. The summed E-state index contributed by atoms with van der Waals surface area (Å²) in [6, 6.07) is 13.3. The molecule has 2 aromatic carbocycles. The number of hydrogen-bond donors (Lipinski definition) is 2. The van der Waals surface area contributed by atoms with Gasteiger partial charge in [-0.05, 0) is 56.4 Å². The van der Waals surface area contributed by atoms with Gasteiger partial charge in [-0.1, -0.05) is 48.0 Å². The van der Waals surface area contributed by atoms with Crippen molar-refractivity contribution >= 4 is 29.1 Å². The first-order valence-electron chi connectivity index (χ1n) is 8.77. The van der Waals surface area contributed by atoms with Crippen molar-refractivity contribution in [3.05, 3.63) is 64.2 Å². The zero-order valence-electron chi connectivity index (χ0n) is 15.2. The monoisotopic (exact) mass is 370 g/mol. The van der Waals surface area contributed by atoms with Crippen LogP contribution in [0.3, 0.4) is 0 Å². The van der Waals surface area contributed by atoms with Crippen molar-refractivity contribution in [2.45, 2.75) is 39.7 Å². The van der Waals surface area contributed by atoms with E-state index in [9.17, 15) is 9.59 Å². The molecule has 2 aromatic rings. The van der Waals surface area contributed by atoms with E-state index in [0.717, 1.165) is 16.7 Å². The Morgan fingerprint density at radius 3 is 2.31 bits per heavy atom. The molecule has 0 saturated heterocycles. The molecule has 3 rings (SSSR count). The van der Waals surface area contributed by atoms with Crippen LogP contribution in [0.5, 0.6) is 0 Å². The highest BCUT2D eigenvalue weighted by atomic mass is 35.5. The van der Waals surface area contributed by atoms with Crippen LogP contribution in [-0.2, 0) is 9.59 Å². The average Bonchev–Trinajstić information content (AvgIpc) is 3.40. The van der Waals surface area contributed by atoms with E-state index in [4.69, 9.17) is 11.6 Å². The molecule has 1 aliphatic rings. The van der Waals surface area contributed by atoms with Crippen LogP contribution >= 0.6 is 11.6 Å². The van der Waals surface area contributed by atoms with Gasteiger partial charge in [-0.3, -0.25) is 9.59 Å². The summed E-state index contributed by atoms with van der Waals surface area (Å²) in [7, 11) is 0. The molecule has 1 unspecified atom stereocenters. The SMILES string of the molecule is Cc1cc(C)c(NC(=O)C2(C(=O)NC(C)c3ccccc3)CC2)c(Cl)c1. The van der Waals surface area contributed by atoms with Gasteiger partial charge in [-0.15, -0.1) is 0 Å². The summed E-state index contributed by atoms with van der Waals surface area (Å²) in [5.41, 5.74) is 2.51. The van der Waals surface area contributed by atoms with Crippen molar-refractivity contribution in [1.82, 2.24) is 5.32 Å².